The molecule has 0 heterocycles. The van der Waals surface area contributed by atoms with E-state index in [-0.39, 0.29) is 23.3 Å². The molecule has 0 spiro atoms. The number of benzene rings is 1. The van der Waals surface area contributed by atoms with E-state index in [0.29, 0.717) is 0 Å². The summed E-state index contributed by atoms with van der Waals surface area (Å²) in [5, 5.41) is 4.05. The van der Waals surface area contributed by atoms with Crippen molar-refractivity contribution in [2.45, 2.75) is 52.0 Å². The molecule has 0 aliphatic heterocycles. The Balaban J connectivity index is 1.96. The van der Waals surface area contributed by atoms with E-state index in [9.17, 15) is 4.79 Å². The largest absolute Gasteiger partial charge is 0.352 e. The lowest BCUT2D eigenvalue weighted by molar-refractivity contribution is -0.130. The summed E-state index contributed by atoms with van der Waals surface area (Å²) in [6.07, 6.45) is 5.49. The van der Waals surface area contributed by atoms with E-state index >= 15 is 0 Å². The summed E-state index contributed by atoms with van der Waals surface area (Å²) in [7, 11) is 0. The molecule has 2 atom stereocenters. The monoisotopic (exact) mass is 351 g/mol. The van der Waals surface area contributed by atoms with Gasteiger partial charge in [0, 0.05) is 17.3 Å². The SMILES string of the molecule is CC1(C)CCCCC1C(=O)NC(CBr)Cc1ccccc1. The highest BCUT2D eigenvalue weighted by atomic mass is 79.9. The minimum absolute atomic E-state index is 0.131. The minimum atomic E-state index is 0.131. The van der Waals surface area contributed by atoms with Crippen LogP contribution in [0.5, 0.6) is 0 Å². The van der Waals surface area contributed by atoms with E-state index in [1.54, 1.807) is 0 Å². The molecule has 1 amide bonds. The van der Waals surface area contributed by atoms with Crippen molar-refractivity contribution in [3.8, 4) is 0 Å². The van der Waals surface area contributed by atoms with Gasteiger partial charge in [-0.1, -0.05) is 73.0 Å². The summed E-state index contributed by atoms with van der Waals surface area (Å²) in [5.41, 5.74) is 1.40. The molecule has 1 aromatic carbocycles. The van der Waals surface area contributed by atoms with Gasteiger partial charge in [0.25, 0.3) is 0 Å². The van der Waals surface area contributed by atoms with Crippen LogP contribution in [-0.4, -0.2) is 17.3 Å². The van der Waals surface area contributed by atoms with Gasteiger partial charge in [-0.3, -0.25) is 4.79 Å². The predicted octanol–water partition coefficient (Wildman–Crippen LogP) is 4.33. The molecule has 1 fully saturated rings. The van der Waals surface area contributed by atoms with Crippen LogP contribution >= 0.6 is 15.9 Å². The van der Waals surface area contributed by atoms with E-state index in [2.05, 4.69) is 47.2 Å². The number of rotatable bonds is 5. The second-order valence-corrected chi connectivity index (χ2v) is 7.48. The zero-order valence-electron chi connectivity index (χ0n) is 13.1. The first kappa shape index (κ1) is 16.5. The fraction of sp³-hybridized carbons (Fsp3) is 0.611. The van der Waals surface area contributed by atoms with Crippen molar-refractivity contribution in [1.29, 1.82) is 0 Å². The van der Waals surface area contributed by atoms with Crippen LogP contribution < -0.4 is 5.32 Å². The zero-order chi connectivity index (χ0) is 15.3. The molecule has 1 aliphatic rings. The molecule has 1 aromatic rings. The Morgan fingerprint density at radius 3 is 2.67 bits per heavy atom. The molecule has 1 N–H and O–H groups in total. The quantitative estimate of drug-likeness (QED) is 0.786. The summed E-state index contributed by atoms with van der Waals surface area (Å²) in [4.78, 5) is 12.6. The highest BCUT2D eigenvalue weighted by Gasteiger charge is 2.37. The predicted molar refractivity (Wildman–Crippen MR) is 91.6 cm³/mol. The minimum Gasteiger partial charge on any atom is -0.352 e. The Morgan fingerprint density at radius 1 is 1.33 bits per heavy atom. The molecule has 1 saturated carbocycles. The van der Waals surface area contributed by atoms with Gasteiger partial charge in [-0.05, 0) is 30.2 Å². The van der Waals surface area contributed by atoms with Crippen molar-refractivity contribution >= 4 is 21.8 Å². The maximum atomic E-state index is 12.6. The van der Waals surface area contributed by atoms with Gasteiger partial charge in [0.05, 0.1) is 0 Å². The molecule has 0 saturated heterocycles. The number of carbonyl (C=O) groups is 1. The van der Waals surface area contributed by atoms with E-state index in [1.165, 1.54) is 18.4 Å². The average Bonchev–Trinajstić information content (AvgIpc) is 2.47. The fourth-order valence-electron chi connectivity index (χ4n) is 3.32. The van der Waals surface area contributed by atoms with Gasteiger partial charge in [-0.2, -0.15) is 0 Å². The van der Waals surface area contributed by atoms with Gasteiger partial charge >= 0.3 is 0 Å². The molecule has 1 aliphatic carbocycles. The summed E-state index contributed by atoms with van der Waals surface area (Å²) in [5.74, 6) is 0.392. The van der Waals surface area contributed by atoms with Crippen LogP contribution in [0.2, 0.25) is 0 Å². The molecule has 2 unspecified atom stereocenters. The maximum absolute atomic E-state index is 12.6. The fourth-order valence-corrected chi connectivity index (χ4v) is 3.72. The normalized spacial score (nSPS) is 22.5. The molecule has 0 aromatic heterocycles. The summed E-state index contributed by atoms with van der Waals surface area (Å²) in [6.45, 7) is 4.47. The van der Waals surface area contributed by atoms with Gasteiger partial charge in [0.2, 0.25) is 5.91 Å². The zero-order valence-corrected chi connectivity index (χ0v) is 14.7. The molecular formula is C18H26BrNO. The van der Waals surface area contributed by atoms with Crippen LogP contribution in [0.3, 0.4) is 0 Å². The first-order valence-corrected chi connectivity index (χ1v) is 9.05. The Morgan fingerprint density at radius 2 is 2.05 bits per heavy atom. The molecular weight excluding hydrogens is 326 g/mol. The number of nitrogens with one attached hydrogen (secondary N) is 1. The van der Waals surface area contributed by atoms with Crippen molar-refractivity contribution in [3.63, 3.8) is 0 Å². The Bertz CT molecular complexity index is 458. The number of hydrogen-bond acceptors (Lipinski definition) is 1. The lowest BCUT2D eigenvalue weighted by atomic mass is 9.68. The maximum Gasteiger partial charge on any atom is 0.223 e. The Hall–Kier alpha value is -0.830. The van der Waals surface area contributed by atoms with Gasteiger partial charge in [-0.25, -0.2) is 0 Å². The van der Waals surface area contributed by atoms with Crippen LogP contribution in [0.1, 0.15) is 45.1 Å². The van der Waals surface area contributed by atoms with Crippen molar-refractivity contribution in [1.82, 2.24) is 5.32 Å². The smallest absolute Gasteiger partial charge is 0.223 e. The van der Waals surface area contributed by atoms with Crippen LogP contribution in [-0.2, 0) is 11.2 Å². The summed E-state index contributed by atoms with van der Waals surface area (Å²) < 4.78 is 0. The van der Waals surface area contributed by atoms with Crippen LogP contribution in [0.25, 0.3) is 0 Å². The topological polar surface area (TPSA) is 29.1 Å². The standard InChI is InChI=1S/C18H26BrNO/c1-18(2)11-7-6-10-16(18)17(21)20-15(13-19)12-14-8-4-3-5-9-14/h3-5,8-9,15-16H,6-7,10-13H2,1-2H3,(H,20,21). The highest BCUT2D eigenvalue weighted by molar-refractivity contribution is 9.09. The van der Waals surface area contributed by atoms with E-state index in [0.717, 1.165) is 24.6 Å². The first-order chi connectivity index (χ1) is 10.0. The number of carbonyl (C=O) groups excluding carboxylic acids is 1. The van der Waals surface area contributed by atoms with Crippen molar-refractivity contribution in [2.24, 2.45) is 11.3 Å². The van der Waals surface area contributed by atoms with Crippen LogP contribution in [0.4, 0.5) is 0 Å². The van der Waals surface area contributed by atoms with Gasteiger partial charge in [0.1, 0.15) is 0 Å². The third-order valence-corrected chi connectivity index (χ3v) is 5.46. The average molecular weight is 352 g/mol. The molecule has 0 bridgehead atoms. The third kappa shape index (κ3) is 4.57. The molecule has 3 heteroatoms. The summed E-state index contributed by atoms with van der Waals surface area (Å²) >= 11 is 3.54. The lowest BCUT2D eigenvalue weighted by Crippen LogP contribution is -2.46. The first-order valence-electron chi connectivity index (χ1n) is 7.93. The Labute approximate surface area is 136 Å². The third-order valence-electron chi connectivity index (χ3n) is 4.68. The van der Waals surface area contributed by atoms with Crippen molar-refractivity contribution in [2.75, 3.05) is 5.33 Å². The molecule has 0 radical (unpaired) electrons. The van der Waals surface area contributed by atoms with Crippen LogP contribution in [0, 0.1) is 11.3 Å². The van der Waals surface area contributed by atoms with Gasteiger partial charge < -0.3 is 5.32 Å². The lowest BCUT2D eigenvalue weighted by Gasteiger charge is -2.38. The van der Waals surface area contributed by atoms with E-state index in [4.69, 9.17) is 0 Å². The number of amides is 1. The number of halogens is 1. The van der Waals surface area contributed by atoms with Gasteiger partial charge in [0.15, 0.2) is 0 Å². The van der Waals surface area contributed by atoms with E-state index in [1.807, 2.05) is 18.2 Å². The molecule has 21 heavy (non-hydrogen) atoms. The van der Waals surface area contributed by atoms with Gasteiger partial charge in [-0.15, -0.1) is 0 Å². The van der Waals surface area contributed by atoms with E-state index < -0.39 is 0 Å². The Kier molecular flexibility index (Phi) is 5.86. The second kappa shape index (κ2) is 7.44. The van der Waals surface area contributed by atoms with Crippen LogP contribution in [0.15, 0.2) is 30.3 Å². The number of hydrogen-bond donors (Lipinski definition) is 1. The molecule has 116 valence electrons. The van der Waals surface area contributed by atoms with Crippen molar-refractivity contribution < 1.29 is 4.79 Å². The number of alkyl halides is 1. The summed E-state index contributed by atoms with van der Waals surface area (Å²) in [6, 6.07) is 10.5. The molecule has 2 nitrogen and oxygen atoms in total. The highest BCUT2D eigenvalue weighted by Crippen LogP contribution is 2.40. The second-order valence-electron chi connectivity index (χ2n) is 6.84. The van der Waals surface area contributed by atoms with Crippen molar-refractivity contribution in [3.05, 3.63) is 35.9 Å². The molecule has 2 rings (SSSR count).